The predicted molar refractivity (Wildman–Crippen MR) is 78.9 cm³/mol. The summed E-state index contributed by atoms with van der Waals surface area (Å²) in [6.07, 6.45) is 3.61. The third-order valence-corrected chi connectivity index (χ3v) is 6.06. The summed E-state index contributed by atoms with van der Waals surface area (Å²) in [5.41, 5.74) is 1.09. The molecule has 1 fully saturated rings. The average molecular weight is 281 g/mol. The van der Waals surface area contributed by atoms with Gasteiger partial charge in [-0.05, 0) is 31.4 Å². The molecular formula is C15H23NO2S. The highest BCUT2D eigenvalue weighted by atomic mass is 32.2. The number of sulfone groups is 1. The summed E-state index contributed by atoms with van der Waals surface area (Å²) < 4.78 is 24.6. The predicted octanol–water partition coefficient (Wildman–Crippen LogP) is 2.69. The minimum Gasteiger partial charge on any atom is -0.309 e. The monoisotopic (exact) mass is 281 g/mol. The topological polar surface area (TPSA) is 46.2 Å². The molecule has 4 heteroatoms. The van der Waals surface area contributed by atoms with E-state index >= 15 is 0 Å². The van der Waals surface area contributed by atoms with Crippen molar-refractivity contribution in [2.75, 3.05) is 12.3 Å². The number of benzene rings is 1. The van der Waals surface area contributed by atoms with Gasteiger partial charge in [0.15, 0.2) is 9.84 Å². The Bertz CT molecular complexity index is 484. The minimum absolute atomic E-state index is 0.0635. The van der Waals surface area contributed by atoms with Crippen molar-refractivity contribution in [1.29, 1.82) is 0 Å². The molecule has 2 rings (SSSR count). The number of rotatable bonds is 5. The Labute approximate surface area is 116 Å². The first kappa shape index (κ1) is 14.5. The maximum absolute atomic E-state index is 12.3. The molecule has 1 aliphatic rings. The van der Waals surface area contributed by atoms with E-state index in [-0.39, 0.29) is 11.3 Å². The van der Waals surface area contributed by atoms with Crippen LogP contribution in [0.5, 0.6) is 0 Å². The Hall–Kier alpha value is -0.870. The van der Waals surface area contributed by atoms with Gasteiger partial charge in [0.25, 0.3) is 0 Å². The van der Waals surface area contributed by atoms with Crippen molar-refractivity contribution in [3.63, 3.8) is 0 Å². The molecule has 2 atom stereocenters. The molecule has 3 nitrogen and oxygen atoms in total. The molecule has 1 aromatic rings. The van der Waals surface area contributed by atoms with Crippen LogP contribution in [-0.2, 0) is 9.84 Å². The molecule has 1 heterocycles. The molecule has 0 amide bonds. The van der Waals surface area contributed by atoms with Gasteiger partial charge >= 0.3 is 0 Å². The van der Waals surface area contributed by atoms with Crippen molar-refractivity contribution in [2.24, 2.45) is 0 Å². The molecule has 0 aromatic heterocycles. The highest BCUT2D eigenvalue weighted by molar-refractivity contribution is 7.92. The van der Waals surface area contributed by atoms with Crippen molar-refractivity contribution in [3.8, 4) is 0 Å². The van der Waals surface area contributed by atoms with Gasteiger partial charge in [0.1, 0.15) is 0 Å². The van der Waals surface area contributed by atoms with Crippen LogP contribution in [-0.4, -0.2) is 26.0 Å². The van der Waals surface area contributed by atoms with Gasteiger partial charge in [0.05, 0.1) is 11.0 Å². The SMILES string of the molecule is CCCNC(c1ccccc1)C1CCCCS1(=O)=O. The Morgan fingerprint density at radius 1 is 1.26 bits per heavy atom. The molecule has 0 bridgehead atoms. The van der Waals surface area contributed by atoms with Gasteiger partial charge in [0, 0.05) is 6.04 Å². The van der Waals surface area contributed by atoms with Crippen LogP contribution >= 0.6 is 0 Å². The zero-order valence-corrected chi connectivity index (χ0v) is 12.3. The van der Waals surface area contributed by atoms with Gasteiger partial charge in [-0.15, -0.1) is 0 Å². The third kappa shape index (κ3) is 3.57. The Morgan fingerprint density at radius 3 is 2.63 bits per heavy atom. The number of hydrogen-bond acceptors (Lipinski definition) is 3. The summed E-state index contributed by atoms with van der Waals surface area (Å²) in [7, 11) is -2.96. The lowest BCUT2D eigenvalue weighted by molar-refractivity contribution is 0.446. The van der Waals surface area contributed by atoms with Crippen molar-refractivity contribution in [1.82, 2.24) is 5.32 Å². The largest absolute Gasteiger partial charge is 0.309 e. The van der Waals surface area contributed by atoms with Crippen LogP contribution in [0, 0.1) is 0 Å². The van der Waals surface area contributed by atoms with Crippen LogP contribution < -0.4 is 5.32 Å². The molecule has 1 N–H and O–H groups in total. The van der Waals surface area contributed by atoms with Crippen molar-refractivity contribution in [3.05, 3.63) is 35.9 Å². The first-order valence-electron chi connectivity index (χ1n) is 7.15. The first-order valence-corrected chi connectivity index (χ1v) is 8.86. The van der Waals surface area contributed by atoms with Crippen LogP contribution in [0.25, 0.3) is 0 Å². The van der Waals surface area contributed by atoms with E-state index in [1.165, 1.54) is 0 Å². The van der Waals surface area contributed by atoms with E-state index in [0.29, 0.717) is 5.75 Å². The molecule has 2 unspecified atom stereocenters. The van der Waals surface area contributed by atoms with Crippen LogP contribution in [0.3, 0.4) is 0 Å². The van der Waals surface area contributed by atoms with Gasteiger partial charge in [-0.25, -0.2) is 8.42 Å². The van der Waals surface area contributed by atoms with Crippen molar-refractivity contribution >= 4 is 9.84 Å². The third-order valence-electron chi connectivity index (χ3n) is 3.77. The number of nitrogens with one attached hydrogen (secondary N) is 1. The average Bonchev–Trinajstić information content (AvgIpc) is 2.42. The molecule has 0 aliphatic carbocycles. The van der Waals surface area contributed by atoms with E-state index in [1.54, 1.807) is 0 Å². The second-order valence-corrected chi connectivity index (χ2v) is 7.58. The fraction of sp³-hybridized carbons (Fsp3) is 0.600. The molecule has 0 radical (unpaired) electrons. The van der Waals surface area contributed by atoms with E-state index in [1.807, 2.05) is 30.3 Å². The van der Waals surface area contributed by atoms with Gasteiger partial charge in [-0.1, -0.05) is 43.7 Å². The normalized spacial score (nSPS) is 23.9. The lowest BCUT2D eigenvalue weighted by Crippen LogP contribution is -2.40. The van der Waals surface area contributed by atoms with Crippen LogP contribution in [0.1, 0.15) is 44.2 Å². The smallest absolute Gasteiger partial charge is 0.155 e. The summed E-state index contributed by atoms with van der Waals surface area (Å²) in [6.45, 7) is 2.95. The van der Waals surface area contributed by atoms with E-state index in [0.717, 1.165) is 37.8 Å². The van der Waals surface area contributed by atoms with Gasteiger partial charge in [-0.2, -0.15) is 0 Å². The van der Waals surface area contributed by atoms with Gasteiger partial charge < -0.3 is 5.32 Å². The van der Waals surface area contributed by atoms with Crippen molar-refractivity contribution < 1.29 is 8.42 Å². The first-order chi connectivity index (χ1) is 9.15. The molecule has 1 aliphatic heterocycles. The summed E-state index contributed by atoms with van der Waals surface area (Å²) in [6, 6.07) is 9.91. The maximum atomic E-state index is 12.3. The van der Waals surface area contributed by atoms with E-state index in [9.17, 15) is 8.42 Å². The van der Waals surface area contributed by atoms with Gasteiger partial charge in [0.2, 0.25) is 0 Å². The quantitative estimate of drug-likeness (QED) is 0.902. The summed E-state index contributed by atoms with van der Waals surface area (Å²) in [5, 5.41) is 3.16. The van der Waals surface area contributed by atoms with Crippen LogP contribution in [0.4, 0.5) is 0 Å². The zero-order chi connectivity index (χ0) is 13.7. The van der Waals surface area contributed by atoms with Crippen LogP contribution in [0.15, 0.2) is 30.3 Å². The molecule has 19 heavy (non-hydrogen) atoms. The lowest BCUT2D eigenvalue weighted by Gasteiger charge is -2.31. The summed E-state index contributed by atoms with van der Waals surface area (Å²) >= 11 is 0. The standard InChI is InChI=1S/C15H23NO2S/c1-2-11-16-15(13-8-4-3-5-9-13)14-10-6-7-12-19(14,17)18/h3-5,8-9,14-16H,2,6-7,10-12H2,1H3. The van der Waals surface area contributed by atoms with E-state index < -0.39 is 9.84 Å². The molecule has 1 saturated heterocycles. The highest BCUT2D eigenvalue weighted by Crippen LogP contribution is 2.30. The minimum atomic E-state index is -2.96. The summed E-state index contributed by atoms with van der Waals surface area (Å²) in [4.78, 5) is 0. The molecule has 0 saturated carbocycles. The van der Waals surface area contributed by atoms with E-state index in [2.05, 4.69) is 12.2 Å². The van der Waals surface area contributed by atoms with Gasteiger partial charge in [-0.3, -0.25) is 0 Å². The molecule has 0 spiro atoms. The van der Waals surface area contributed by atoms with Crippen LogP contribution in [0.2, 0.25) is 0 Å². The highest BCUT2D eigenvalue weighted by Gasteiger charge is 2.35. The zero-order valence-electron chi connectivity index (χ0n) is 11.5. The number of hydrogen-bond donors (Lipinski definition) is 1. The molecular weight excluding hydrogens is 258 g/mol. The van der Waals surface area contributed by atoms with E-state index in [4.69, 9.17) is 0 Å². The van der Waals surface area contributed by atoms with Crippen molar-refractivity contribution in [2.45, 2.75) is 43.9 Å². The second kappa shape index (κ2) is 6.53. The Kier molecular flexibility index (Phi) is 4.99. The lowest BCUT2D eigenvalue weighted by atomic mass is 9.99. The fourth-order valence-corrected chi connectivity index (χ4v) is 4.88. The maximum Gasteiger partial charge on any atom is 0.155 e. The Balaban J connectivity index is 2.27. The fourth-order valence-electron chi connectivity index (χ4n) is 2.78. The molecule has 1 aromatic carbocycles. The summed E-state index contributed by atoms with van der Waals surface area (Å²) in [5.74, 6) is 0.342. The Morgan fingerprint density at radius 2 is 2.00 bits per heavy atom. The molecule has 106 valence electrons. The second-order valence-electron chi connectivity index (χ2n) is 5.24.